The van der Waals surface area contributed by atoms with Crippen molar-refractivity contribution in [3.63, 3.8) is 0 Å². The highest BCUT2D eigenvalue weighted by atomic mass is 35.5. The third kappa shape index (κ3) is 10.5. The van der Waals surface area contributed by atoms with E-state index >= 15 is 0 Å². The Kier molecular flexibility index (Phi) is 12.8. The van der Waals surface area contributed by atoms with Crippen molar-refractivity contribution < 1.29 is 27.8 Å². The van der Waals surface area contributed by atoms with Gasteiger partial charge in [0.25, 0.3) is 5.91 Å². The average Bonchev–Trinajstić information content (AvgIpc) is 3.74. The lowest BCUT2D eigenvalue weighted by atomic mass is 9.95. The highest BCUT2D eigenvalue weighted by Crippen LogP contribution is 2.30. The molecular formula is C30H38ClF2N3O4. The highest BCUT2D eigenvalue weighted by Gasteiger charge is 2.22. The van der Waals surface area contributed by atoms with Gasteiger partial charge < -0.3 is 20.5 Å². The van der Waals surface area contributed by atoms with Crippen molar-refractivity contribution in [3.05, 3.63) is 58.1 Å². The number of rotatable bonds is 18. The number of hydrogen-bond donors (Lipinski definition) is 2. The Balaban J connectivity index is 1.61. The minimum atomic E-state index is -3.15. The normalized spacial score (nSPS) is 14.0. The van der Waals surface area contributed by atoms with E-state index in [1.807, 2.05) is 0 Å². The highest BCUT2D eigenvalue weighted by molar-refractivity contribution is 6.30. The second-order valence-corrected chi connectivity index (χ2v) is 10.5. The third-order valence-electron chi connectivity index (χ3n) is 6.73. The second kappa shape index (κ2) is 16.3. The molecule has 0 radical (unpaired) electrons. The maximum Gasteiger partial charge on any atom is 0.387 e. The number of aliphatic imine (C=N–C) groups is 1. The van der Waals surface area contributed by atoms with Crippen LogP contribution in [0.3, 0.4) is 0 Å². The molecule has 1 aliphatic rings. The summed E-state index contributed by atoms with van der Waals surface area (Å²) >= 11 is 5.90. The number of nitrogen functional groups attached to an aromatic ring is 1. The van der Waals surface area contributed by atoms with E-state index in [-0.39, 0.29) is 40.8 Å². The molecule has 0 heterocycles. The second-order valence-electron chi connectivity index (χ2n) is 10.1. The lowest BCUT2D eigenvalue weighted by Gasteiger charge is -2.16. The van der Waals surface area contributed by atoms with Crippen LogP contribution in [0.25, 0.3) is 0 Å². The van der Waals surface area contributed by atoms with E-state index in [0.717, 1.165) is 19.3 Å². The number of carbonyl (C=O) groups excluding carboxylic acids is 2. The van der Waals surface area contributed by atoms with E-state index in [4.69, 9.17) is 26.8 Å². The summed E-state index contributed by atoms with van der Waals surface area (Å²) in [5.74, 6) is -0.0108. The molecule has 3 N–H and O–H groups in total. The van der Waals surface area contributed by atoms with Crippen molar-refractivity contribution in [1.82, 2.24) is 5.32 Å². The SMILES string of the molecule is CCCC(CCCC(=O)c1ccc(Cl)cc1)CN=Cc1c(N)ccc(C(=O)NCCOCC2CC2)c1OC(F)F. The predicted molar refractivity (Wildman–Crippen MR) is 154 cm³/mol. The molecule has 0 saturated heterocycles. The molecule has 1 amide bonds. The number of alkyl halides is 2. The van der Waals surface area contributed by atoms with Crippen molar-refractivity contribution in [2.75, 3.05) is 32.0 Å². The Morgan fingerprint density at radius 2 is 1.93 bits per heavy atom. The summed E-state index contributed by atoms with van der Waals surface area (Å²) in [5.41, 5.74) is 6.96. The lowest BCUT2D eigenvalue weighted by Crippen LogP contribution is -2.28. The first-order valence-corrected chi connectivity index (χ1v) is 14.2. The Morgan fingerprint density at radius 3 is 2.60 bits per heavy atom. The van der Waals surface area contributed by atoms with Crippen LogP contribution in [0.2, 0.25) is 5.02 Å². The molecule has 1 saturated carbocycles. The van der Waals surface area contributed by atoms with Gasteiger partial charge in [-0.15, -0.1) is 0 Å². The van der Waals surface area contributed by atoms with E-state index in [1.54, 1.807) is 24.3 Å². The summed E-state index contributed by atoms with van der Waals surface area (Å²) in [7, 11) is 0. The lowest BCUT2D eigenvalue weighted by molar-refractivity contribution is -0.0502. The molecule has 7 nitrogen and oxygen atoms in total. The predicted octanol–water partition coefficient (Wildman–Crippen LogP) is 6.57. The Bertz CT molecular complexity index is 1140. The van der Waals surface area contributed by atoms with E-state index in [1.165, 1.54) is 31.2 Å². The molecule has 2 aromatic carbocycles. The fraction of sp³-hybridized carbons (Fsp3) is 0.500. The molecule has 0 bridgehead atoms. The van der Waals surface area contributed by atoms with Gasteiger partial charge in [0.1, 0.15) is 5.75 Å². The smallest absolute Gasteiger partial charge is 0.387 e. The number of hydrogen-bond acceptors (Lipinski definition) is 6. The fourth-order valence-corrected chi connectivity index (χ4v) is 4.49. The molecule has 218 valence electrons. The van der Waals surface area contributed by atoms with Crippen LogP contribution in [0.5, 0.6) is 5.75 Å². The Morgan fingerprint density at radius 1 is 1.18 bits per heavy atom. The summed E-state index contributed by atoms with van der Waals surface area (Å²) in [6, 6.07) is 9.68. The fourth-order valence-electron chi connectivity index (χ4n) is 4.37. The number of carbonyl (C=O) groups is 2. The van der Waals surface area contributed by atoms with Crippen molar-refractivity contribution in [1.29, 1.82) is 0 Å². The zero-order valence-electron chi connectivity index (χ0n) is 22.8. The van der Waals surface area contributed by atoms with E-state index < -0.39 is 12.5 Å². The Hall–Kier alpha value is -3.04. The van der Waals surface area contributed by atoms with E-state index in [9.17, 15) is 18.4 Å². The summed E-state index contributed by atoms with van der Waals surface area (Å²) in [5, 5.41) is 3.27. The van der Waals surface area contributed by atoms with Gasteiger partial charge in [-0.1, -0.05) is 24.9 Å². The molecule has 0 aliphatic heterocycles. The standard InChI is InChI=1S/C30H38ClF2N3O4/c1-2-4-20(5-3-6-27(37)22-9-11-23(31)12-10-22)17-35-18-25-26(34)14-13-24(28(25)40-30(32)33)29(38)36-15-16-39-19-21-7-8-21/h9-14,18,20-21,30H,2-8,15-17,19,34H2,1H3,(H,36,38). The van der Waals surface area contributed by atoms with Gasteiger partial charge in [0.2, 0.25) is 0 Å². The van der Waals surface area contributed by atoms with Crippen molar-refractivity contribution in [2.45, 2.75) is 58.5 Å². The number of nitrogens with zero attached hydrogens (tertiary/aromatic N) is 1. The van der Waals surface area contributed by atoms with Crippen LogP contribution in [0.1, 0.15) is 78.1 Å². The molecular weight excluding hydrogens is 540 g/mol. The van der Waals surface area contributed by atoms with Crippen LogP contribution < -0.4 is 15.8 Å². The minimum Gasteiger partial charge on any atom is -0.433 e. The average molecular weight is 578 g/mol. The molecule has 0 spiro atoms. The van der Waals surface area contributed by atoms with Gasteiger partial charge in [0, 0.05) is 48.6 Å². The van der Waals surface area contributed by atoms with E-state index in [0.29, 0.717) is 49.1 Å². The molecule has 40 heavy (non-hydrogen) atoms. The number of benzene rings is 2. The summed E-state index contributed by atoms with van der Waals surface area (Å²) in [6.45, 7) is 0.587. The zero-order valence-corrected chi connectivity index (χ0v) is 23.6. The maximum absolute atomic E-state index is 13.3. The monoisotopic (exact) mass is 577 g/mol. The quantitative estimate of drug-likeness (QED) is 0.0903. The molecule has 0 aromatic heterocycles. The van der Waals surface area contributed by atoms with Gasteiger partial charge in [-0.3, -0.25) is 14.6 Å². The number of amides is 1. The van der Waals surface area contributed by atoms with Gasteiger partial charge >= 0.3 is 6.61 Å². The molecule has 3 rings (SSSR count). The summed E-state index contributed by atoms with van der Waals surface area (Å²) < 4.78 is 36.9. The van der Waals surface area contributed by atoms with Crippen LogP contribution in [0.15, 0.2) is 41.4 Å². The number of halogens is 3. The van der Waals surface area contributed by atoms with Crippen LogP contribution in [0, 0.1) is 11.8 Å². The van der Waals surface area contributed by atoms with E-state index in [2.05, 4.69) is 17.2 Å². The number of nitrogens with one attached hydrogen (secondary N) is 1. The summed E-state index contributed by atoms with van der Waals surface area (Å²) in [4.78, 5) is 29.7. The van der Waals surface area contributed by atoms with Gasteiger partial charge in [-0.05, 0) is 80.3 Å². The minimum absolute atomic E-state index is 0.0519. The van der Waals surface area contributed by atoms with Crippen LogP contribution in [0.4, 0.5) is 14.5 Å². The molecule has 1 aliphatic carbocycles. The maximum atomic E-state index is 13.3. The van der Waals surface area contributed by atoms with Gasteiger partial charge in [0.05, 0.1) is 17.7 Å². The molecule has 1 fully saturated rings. The van der Waals surface area contributed by atoms with Crippen LogP contribution in [-0.4, -0.2) is 50.8 Å². The van der Waals surface area contributed by atoms with Crippen molar-refractivity contribution in [2.24, 2.45) is 16.8 Å². The molecule has 1 unspecified atom stereocenters. The van der Waals surface area contributed by atoms with Crippen molar-refractivity contribution >= 4 is 35.2 Å². The topological polar surface area (TPSA) is 103 Å². The molecule has 2 aromatic rings. The first-order chi connectivity index (χ1) is 19.3. The first-order valence-electron chi connectivity index (χ1n) is 13.8. The van der Waals surface area contributed by atoms with Gasteiger partial charge in [-0.25, -0.2) is 0 Å². The van der Waals surface area contributed by atoms with Gasteiger partial charge in [-0.2, -0.15) is 8.78 Å². The van der Waals surface area contributed by atoms with Crippen LogP contribution >= 0.6 is 11.6 Å². The zero-order chi connectivity index (χ0) is 28.9. The van der Waals surface area contributed by atoms with Crippen molar-refractivity contribution in [3.8, 4) is 5.75 Å². The summed E-state index contributed by atoms with van der Waals surface area (Å²) in [6.07, 6.45) is 7.45. The van der Waals surface area contributed by atoms with Gasteiger partial charge in [0.15, 0.2) is 5.78 Å². The Labute approximate surface area is 239 Å². The van der Waals surface area contributed by atoms with Crippen LogP contribution in [-0.2, 0) is 4.74 Å². The number of ether oxygens (including phenoxy) is 2. The number of ketones is 1. The molecule has 1 atom stereocenters. The largest absolute Gasteiger partial charge is 0.433 e. The third-order valence-corrected chi connectivity index (χ3v) is 6.98. The first kappa shape index (κ1) is 31.5. The number of nitrogens with two attached hydrogens (primary N) is 1. The molecule has 10 heteroatoms. The number of Topliss-reactive ketones (excluding diaryl/α,β-unsaturated/α-hetero) is 1. The number of anilines is 1.